The van der Waals surface area contributed by atoms with Crippen molar-refractivity contribution >= 4 is 41.3 Å². The summed E-state index contributed by atoms with van der Waals surface area (Å²) in [7, 11) is 0. The fourth-order valence-electron chi connectivity index (χ4n) is 2.49. The van der Waals surface area contributed by atoms with Crippen molar-refractivity contribution < 1.29 is 19.1 Å². The maximum Gasteiger partial charge on any atom is 0.345 e. The monoisotopic (exact) mass is 457 g/mol. The lowest BCUT2D eigenvalue weighted by atomic mass is 10.2. The van der Waals surface area contributed by atoms with Crippen LogP contribution in [0.2, 0.25) is 10.0 Å². The van der Waals surface area contributed by atoms with Gasteiger partial charge in [0.05, 0.1) is 29.0 Å². The first-order valence-corrected chi connectivity index (χ1v) is 9.91. The molecule has 0 spiro atoms. The molecule has 0 aliphatic heterocycles. The van der Waals surface area contributed by atoms with Gasteiger partial charge in [-0.1, -0.05) is 23.2 Å². The van der Waals surface area contributed by atoms with Crippen LogP contribution in [0, 0.1) is 0 Å². The highest BCUT2D eigenvalue weighted by molar-refractivity contribution is 6.36. The third-order valence-electron chi connectivity index (χ3n) is 3.92. The van der Waals surface area contributed by atoms with Gasteiger partial charge in [-0.2, -0.15) is 5.10 Å². The number of nitrogens with zero attached hydrogens (tertiary/aromatic N) is 2. The summed E-state index contributed by atoms with van der Waals surface area (Å²) in [6.07, 6.45) is 4.46. The molecular weight excluding hydrogens is 441 g/mol. The van der Waals surface area contributed by atoms with Gasteiger partial charge in [-0.15, -0.1) is 0 Å². The summed E-state index contributed by atoms with van der Waals surface area (Å²) >= 11 is 11.9. The number of hydrazone groups is 1. The number of carbonyl (C=O) groups is 2. The van der Waals surface area contributed by atoms with Crippen LogP contribution >= 0.6 is 23.2 Å². The first-order chi connectivity index (χ1) is 15.0. The SMILES string of the molecule is CCOc1cc(/C=N/NC(=O)c2cccnc2)ccc1OC(=O)c1ccc(Cl)cc1Cl. The number of aromatic nitrogens is 1. The molecule has 0 radical (unpaired) electrons. The van der Waals surface area contributed by atoms with Crippen molar-refractivity contribution in [2.45, 2.75) is 6.92 Å². The lowest BCUT2D eigenvalue weighted by Gasteiger charge is -2.12. The minimum atomic E-state index is -0.646. The number of esters is 1. The van der Waals surface area contributed by atoms with Gasteiger partial charge in [0, 0.05) is 17.4 Å². The number of hydrogen-bond acceptors (Lipinski definition) is 6. The second-order valence-corrected chi connectivity index (χ2v) is 6.94. The Balaban J connectivity index is 1.73. The van der Waals surface area contributed by atoms with Crippen molar-refractivity contribution in [3.05, 3.63) is 87.7 Å². The molecule has 3 aromatic rings. The van der Waals surface area contributed by atoms with Gasteiger partial charge in [0.1, 0.15) is 0 Å². The molecule has 0 saturated heterocycles. The Morgan fingerprint density at radius 1 is 1.13 bits per heavy atom. The van der Waals surface area contributed by atoms with E-state index in [0.29, 0.717) is 28.5 Å². The average Bonchev–Trinajstić information content (AvgIpc) is 2.76. The zero-order chi connectivity index (χ0) is 22.2. The van der Waals surface area contributed by atoms with Crippen LogP contribution in [-0.2, 0) is 0 Å². The van der Waals surface area contributed by atoms with Gasteiger partial charge >= 0.3 is 5.97 Å². The molecule has 1 N–H and O–H groups in total. The minimum absolute atomic E-state index is 0.178. The maximum atomic E-state index is 12.5. The largest absolute Gasteiger partial charge is 0.490 e. The Labute approximate surface area is 188 Å². The average molecular weight is 458 g/mol. The molecule has 0 bridgehead atoms. The van der Waals surface area contributed by atoms with E-state index >= 15 is 0 Å². The predicted molar refractivity (Wildman–Crippen MR) is 118 cm³/mol. The summed E-state index contributed by atoms with van der Waals surface area (Å²) < 4.78 is 11.0. The van der Waals surface area contributed by atoms with Crippen molar-refractivity contribution in [3.8, 4) is 11.5 Å². The number of hydrogen-bond donors (Lipinski definition) is 1. The van der Waals surface area contributed by atoms with Crippen LogP contribution in [0.1, 0.15) is 33.2 Å². The Morgan fingerprint density at radius 3 is 2.68 bits per heavy atom. The summed E-state index contributed by atoms with van der Waals surface area (Å²) in [5.74, 6) is -0.481. The molecule has 158 valence electrons. The second kappa shape index (κ2) is 10.6. The van der Waals surface area contributed by atoms with E-state index in [1.165, 1.54) is 24.5 Å². The summed E-state index contributed by atoms with van der Waals surface area (Å²) in [5.41, 5.74) is 3.61. The Morgan fingerprint density at radius 2 is 1.97 bits per heavy atom. The highest BCUT2D eigenvalue weighted by atomic mass is 35.5. The van der Waals surface area contributed by atoms with Crippen molar-refractivity contribution in [2.24, 2.45) is 5.10 Å². The lowest BCUT2D eigenvalue weighted by Crippen LogP contribution is -2.17. The Kier molecular flexibility index (Phi) is 7.59. The number of ether oxygens (including phenoxy) is 2. The zero-order valence-corrected chi connectivity index (χ0v) is 17.9. The molecule has 0 saturated carbocycles. The summed E-state index contributed by atoms with van der Waals surface area (Å²) in [6, 6.07) is 12.6. The molecule has 0 aliphatic carbocycles. The van der Waals surface area contributed by atoms with Crippen molar-refractivity contribution in [2.75, 3.05) is 6.61 Å². The molecule has 1 heterocycles. The fraction of sp³-hybridized carbons (Fsp3) is 0.0909. The molecular formula is C22H17Cl2N3O4. The van der Waals surface area contributed by atoms with E-state index in [2.05, 4.69) is 15.5 Å². The molecule has 1 aromatic heterocycles. The summed E-state index contributed by atoms with van der Waals surface area (Å²) in [6.45, 7) is 2.15. The highest BCUT2D eigenvalue weighted by Crippen LogP contribution is 2.30. The zero-order valence-electron chi connectivity index (χ0n) is 16.3. The van der Waals surface area contributed by atoms with Gasteiger partial charge in [-0.3, -0.25) is 9.78 Å². The van der Waals surface area contributed by atoms with Crippen LogP contribution in [0.25, 0.3) is 0 Å². The third kappa shape index (κ3) is 6.04. The van der Waals surface area contributed by atoms with E-state index < -0.39 is 5.97 Å². The van der Waals surface area contributed by atoms with Gasteiger partial charge in [0.2, 0.25) is 0 Å². The van der Waals surface area contributed by atoms with E-state index in [4.69, 9.17) is 32.7 Å². The Hall–Kier alpha value is -3.42. The van der Waals surface area contributed by atoms with Gasteiger partial charge < -0.3 is 9.47 Å². The number of amides is 1. The minimum Gasteiger partial charge on any atom is -0.490 e. The number of nitrogens with one attached hydrogen (secondary N) is 1. The lowest BCUT2D eigenvalue weighted by molar-refractivity contribution is 0.0728. The number of rotatable bonds is 7. The standard InChI is InChI=1S/C22H17Cl2N3O4/c1-2-30-20-10-14(12-26-27-21(28)15-4-3-9-25-13-15)5-8-19(20)31-22(29)17-7-6-16(23)11-18(17)24/h3-13H,2H2,1H3,(H,27,28)/b26-12+. The van der Waals surface area contributed by atoms with Gasteiger partial charge in [-0.05, 0) is 61.0 Å². The number of carbonyl (C=O) groups excluding carboxylic acids is 2. The molecule has 0 aliphatic rings. The maximum absolute atomic E-state index is 12.5. The van der Waals surface area contributed by atoms with E-state index in [1.807, 2.05) is 0 Å². The summed E-state index contributed by atoms with van der Waals surface area (Å²) in [4.78, 5) is 28.4. The van der Waals surface area contributed by atoms with Crippen molar-refractivity contribution in [1.82, 2.24) is 10.4 Å². The number of benzene rings is 2. The van der Waals surface area contributed by atoms with Crippen molar-refractivity contribution in [3.63, 3.8) is 0 Å². The van der Waals surface area contributed by atoms with E-state index in [0.717, 1.165) is 0 Å². The number of halogens is 2. The van der Waals surface area contributed by atoms with E-state index in [-0.39, 0.29) is 22.2 Å². The van der Waals surface area contributed by atoms with E-state index in [9.17, 15) is 9.59 Å². The molecule has 1 amide bonds. The van der Waals surface area contributed by atoms with Crippen LogP contribution in [0.3, 0.4) is 0 Å². The van der Waals surface area contributed by atoms with Gasteiger partial charge in [-0.25, -0.2) is 10.2 Å². The van der Waals surface area contributed by atoms with Gasteiger partial charge in [0.25, 0.3) is 5.91 Å². The highest BCUT2D eigenvalue weighted by Gasteiger charge is 2.16. The molecule has 3 rings (SSSR count). The van der Waals surface area contributed by atoms with Gasteiger partial charge in [0.15, 0.2) is 11.5 Å². The topological polar surface area (TPSA) is 89.9 Å². The van der Waals surface area contributed by atoms with Crippen LogP contribution in [0.15, 0.2) is 66.0 Å². The molecule has 31 heavy (non-hydrogen) atoms. The van der Waals surface area contributed by atoms with Crippen LogP contribution in [0.5, 0.6) is 11.5 Å². The smallest absolute Gasteiger partial charge is 0.345 e. The molecule has 0 unspecified atom stereocenters. The van der Waals surface area contributed by atoms with Crippen LogP contribution in [0.4, 0.5) is 0 Å². The first kappa shape index (κ1) is 22.3. The molecule has 7 nitrogen and oxygen atoms in total. The molecule has 2 aromatic carbocycles. The van der Waals surface area contributed by atoms with Crippen LogP contribution in [-0.4, -0.2) is 29.7 Å². The van der Waals surface area contributed by atoms with E-state index in [1.54, 1.807) is 49.5 Å². The Bertz CT molecular complexity index is 1120. The predicted octanol–water partition coefficient (Wildman–Crippen LogP) is 4.77. The van der Waals surface area contributed by atoms with Crippen molar-refractivity contribution in [1.29, 1.82) is 0 Å². The molecule has 0 atom stereocenters. The normalized spacial score (nSPS) is 10.7. The summed E-state index contributed by atoms with van der Waals surface area (Å²) in [5, 5.41) is 4.53. The quantitative estimate of drug-likeness (QED) is 0.239. The third-order valence-corrected chi connectivity index (χ3v) is 4.47. The second-order valence-electron chi connectivity index (χ2n) is 6.09. The molecule has 0 fully saturated rings. The number of pyridine rings is 1. The first-order valence-electron chi connectivity index (χ1n) is 9.15. The van der Waals surface area contributed by atoms with Crippen LogP contribution < -0.4 is 14.9 Å². The molecule has 9 heteroatoms. The fourth-order valence-corrected chi connectivity index (χ4v) is 2.98.